The summed E-state index contributed by atoms with van der Waals surface area (Å²) in [7, 11) is -3.36. The third-order valence-electron chi connectivity index (χ3n) is 4.37. The van der Waals surface area contributed by atoms with E-state index in [9.17, 15) is 22.4 Å². The van der Waals surface area contributed by atoms with Gasteiger partial charge in [0.25, 0.3) is 5.91 Å². The predicted molar refractivity (Wildman–Crippen MR) is 108 cm³/mol. The first-order valence-electron chi connectivity index (χ1n) is 8.90. The van der Waals surface area contributed by atoms with Crippen molar-refractivity contribution < 1.29 is 22.4 Å². The monoisotopic (exact) mass is 420 g/mol. The fraction of sp³-hybridized carbons (Fsp3) is 0.263. The Morgan fingerprint density at radius 1 is 0.931 bits per heavy atom. The van der Waals surface area contributed by atoms with Crippen LogP contribution in [-0.2, 0) is 10.0 Å². The molecule has 0 spiro atoms. The van der Waals surface area contributed by atoms with E-state index in [2.05, 4.69) is 10.0 Å². The van der Waals surface area contributed by atoms with Crippen molar-refractivity contribution in [3.63, 3.8) is 0 Å². The molecule has 1 aliphatic rings. The Morgan fingerprint density at radius 3 is 2.10 bits per heavy atom. The minimum absolute atomic E-state index is 0.265. The number of nitrogens with one attached hydrogen (secondary N) is 2. The van der Waals surface area contributed by atoms with Crippen molar-refractivity contribution in [2.24, 2.45) is 0 Å². The van der Waals surface area contributed by atoms with Gasteiger partial charge in [-0.15, -0.1) is 0 Å². The van der Waals surface area contributed by atoms with Crippen LogP contribution in [0.1, 0.15) is 10.4 Å². The number of amides is 3. The molecule has 0 aliphatic carbocycles. The number of anilines is 2. The van der Waals surface area contributed by atoms with Gasteiger partial charge in [-0.2, -0.15) is 0 Å². The zero-order valence-corrected chi connectivity index (χ0v) is 16.6. The van der Waals surface area contributed by atoms with E-state index < -0.39 is 15.8 Å². The fourth-order valence-corrected chi connectivity index (χ4v) is 3.52. The molecule has 1 saturated heterocycles. The topological polar surface area (TPSA) is 98.8 Å². The molecule has 1 aliphatic heterocycles. The maximum atomic E-state index is 13.3. The minimum Gasteiger partial charge on any atom is -0.335 e. The number of hydrogen-bond donors (Lipinski definition) is 2. The van der Waals surface area contributed by atoms with Crippen LogP contribution in [0.15, 0.2) is 48.5 Å². The SMILES string of the molecule is CS(=O)(=O)Nc1ccc(NC(=O)N2CCN(C(=O)c3cccc(F)c3)CC2)cc1. The summed E-state index contributed by atoms with van der Waals surface area (Å²) in [6, 6.07) is 11.5. The molecule has 3 rings (SSSR count). The van der Waals surface area contributed by atoms with E-state index in [1.54, 1.807) is 40.1 Å². The molecule has 2 N–H and O–H groups in total. The van der Waals surface area contributed by atoms with E-state index in [-0.39, 0.29) is 17.5 Å². The Hall–Kier alpha value is -3.14. The second-order valence-corrected chi connectivity index (χ2v) is 8.42. The average molecular weight is 420 g/mol. The number of halogens is 1. The molecule has 154 valence electrons. The lowest BCUT2D eigenvalue weighted by Gasteiger charge is -2.34. The summed E-state index contributed by atoms with van der Waals surface area (Å²) in [5.74, 6) is -0.731. The van der Waals surface area contributed by atoms with Gasteiger partial charge in [-0.25, -0.2) is 17.6 Å². The number of urea groups is 1. The van der Waals surface area contributed by atoms with Gasteiger partial charge in [0.1, 0.15) is 5.82 Å². The lowest BCUT2D eigenvalue weighted by atomic mass is 10.2. The third kappa shape index (κ3) is 5.67. The molecule has 0 unspecified atom stereocenters. The number of hydrogen-bond acceptors (Lipinski definition) is 4. The summed E-state index contributed by atoms with van der Waals surface area (Å²) in [5.41, 5.74) is 1.20. The summed E-state index contributed by atoms with van der Waals surface area (Å²) in [6.45, 7) is 1.39. The highest BCUT2D eigenvalue weighted by Crippen LogP contribution is 2.16. The van der Waals surface area contributed by atoms with Gasteiger partial charge < -0.3 is 15.1 Å². The summed E-state index contributed by atoms with van der Waals surface area (Å²) in [6.07, 6.45) is 1.06. The van der Waals surface area contributed by atoms with Crippen LogP contribution < -0.4 is 10.0 Å². The van der Waals surface area contributed by atoms with E-state index in [1.807, 2.05) is 0 Å². The lowest BCUT2D eigenvalue weighted by molar-refractivity contribution is 0.0671. The fourth-order valence-electron chi connectivity index (χ4n) is 2.95. The minimum atomic E-state index is -3.36. The van der Waals surface area contributed by atoms with Crippen LogP contribution in [0, 0.1) is 5.82 Å². The zero-order valence-electron chi connectivity index (χ0n) is 15.8. The van der Waals surface area contributed by atoms with E-state index in [0.717, 1.165) is 6.26 Å². The molecule has 0 atom stereocenters. The maximum Gasteiger partial charge on any atom is 0.321 e. The van der Waals surface area contributed by atoms with Gasteiger partial charge in [-0.05, 0) is 42.5 Å². The predicted octanol–water partition coefficient (Wildman–Crippen LogP) is 2.19. The molecule has 8 nitrogen and oxygen atoms in total. The maximum absolute atomic E-state index is 13.3. The smallest absolute Gasteiger partial charge is 0.321 e. The van der Waals surface area contributed by atoms with E-state index in [1.165, 1.54) is 18.2 Å². The standard InChI is InChI=1S/C19H21FN4O4S/c1-29(27,28)22-17-7-5-16(6-8-17)21-19(26)24-11-9-23(10-12-24)18(25)14-3-2-4-15(20)13-14/h2-8,13,22H,9-12H2,1H3,(H,21,26). The van der Waals surface area contributed by atoms with E-state index >= 15 is 0 Å². The van der Waals surface area contributed by atoms with E-state index in [4.69, 9.17) is 0 Å². The lowest BCUT2D eigenvalue weighted by Crippen LogP contribution is -2.51. The Balaban J connectivity index is 1.53. The van der Waals surface area contributed by atoms with E-state index in [0.29, 0.717) is 37.6 Å². The summed E-state index contributed by atoms with van der Waals surface area (Å²) >= 11 is 0. The van der Waals surface area contributed by atoms with Gasteiger partial charge >= 0.3 is 6.03 Å². The van der Waals surface area contributed by atoms with Crippen molar-refractivity contribution >= 4 is 33.3 Å². The van der Waals surface area contributed by atoms with Gasteiger partial charge in [-0.3, -0.25) is 9.52 Å². The first-order chi connectivity index (χ1) is 13.7. The van der Waals surface area contributed by atoms with Crippen molar-refractivity contribution in [2.45, 2.75) is 0 Å². The molecular weight excluding hydrogens is 399 g/mol. The van der Waals surface area contributed by atoms with Gasteiger partial charge in [0.05, 0.1) is 6.26 Å². The van der Waals surface area contributed by atoms with Crippen LogP contribution in [0.5, 0.6) is 0 Å². The number of nitrogens with zero attached hydrogens (tertiary/aromatic N) is 2. The second-order valence-electron chi connectivity index (χ2n) is 6.67. The Morgan fingerprint density at radius 2 is 1.52 bits per heavy atom. The summed E-state index contributed by atoms with van der Waals surface area (Å²) in [4.78, 5) is 28.0. The molecule has 2 aromatic carbocycles. The molecule has 0 saturated carbocycles. The molecule has 10 heteroatoms. The molecular formula is C19H21FN4O4S. The highest BCUT2D eigenvalue weighted by atomic mass is 32.2. The number of sulfonamides is 1. The van der Waals surface area contributed by atoms with Gasteiger partial charge in [0.2, 0.25) is 10.0 Å². The normalized spacial score (nSPS) is 14.4. The van der Waals surface area contributed by atoms with Crippen LogP contribution in [-0.4, -0.2) is 62.6 Å². The highest BCUT2D eigenvalue weighted by molar-refractivity contribution is 7.92. The molecule has 0 radical (unpaired) electrons. The largest absolute Gasteiger partial charge is 0.335 e. The second kappa shape index (κ2) is 8.48. The van der Waals surface area contributed by atoms with Crippen molar-refractivity contribution in [3.05, 3.63) is 59.9 Å². The molecule has 2 aromatic rings. The van der Waals surface area contributed by atoms with Crippen molar-refractivity contribution in [3.8, 4) is 0 Å². The number of carbonyl (C=O) groups is 2. The van der Waals surface area contributed by atoms with Gasteiger partial charge in [0, 0.05) is 43.1 Å². The van der Waals surface area contributed by atoms with Crippen LogP contribution in [0.25, 0.3) is 0 Å². The quantitative estimate of drug-likeness (QED) is 0.792. The van der Waals surface area contributed by atoms with Gasteiger partial charge in [-0.1, -0.05) is 6.07 Å². The van der Waals surface area contributed by atoms with Crippen LogP contribution >= 0.6 is 0 Å². The number of rotatable bonds is 4. The van der Waals surface area contributed by atoms with Crippen LogP contribution in [0.4, 0.5) is 20.6 Å². The molecule has 29 heavy (non-hydrogen) atoms. The summed E-state index contributed by atoms with van der Waals surface area (Å²) in [5, 5.41) is 2.74. The van der Waals surface area contributed by atoms with Gasteiger partial charge in [0.15, 0.2) is 0 Å². The molecule has 1 fully saturated rings. The Bertz CT molecular complexity index is 1000. The average Bonchev–Trinajstić information content (AvgIpc) is 2.68. The highest BCUT2D eigenvalue weighted by Gasteiger charge is 2.25. The first kappa shape index (κ1) is 20.6. The third-order valence-corrected chi connectivity index (χ3v) is 4.97. The Labute approximate surface area is 168 Å². The molecule has 0 aromatic heterocycles. The van der Waals surface area contributed by atoms with Crippen LogP contribution in [0.2, 0.25) is 0 Å². The Kier molecular flexibility index (Phi) is 6.02. The van der Waals surface area contributed by atoms with Crippen molar-refractivity contribution in [1.29, 1.82) is 0 Å². The number of benzene rings is 2. The molecule has 3 amide bonds. The number of piperazine rings is 1. The molecule has 1 heterocycles. The zero-order chi connectivity index (χ0) is 21.0. The first-order valence-corrected chi connectivity index (χ1v) is 10.8. The van der Waals surface area contributed by atoms with Crippen molar-refractivity contribution in [1.82, 2.24) is 9.80 Å². The molecule has 0 bridgehead atoms. The summed E-state index contributed by atoms with van der Waals surface area (Å²) < 4.78 is 38.1. The number of carbonyl (C=O) groups excluding carboxylic acids is 2. The van der Waals surface area contributed by atoms with Crippen LogP contribution in [0.3, 0.4) is 0 Å². The van der Waals surface area contributed by atoms with Crippen molar-refractivity contribution in [2.75, 3.05) is 42.5 Å².